The monoisotopic (exact) mass is 270 g/mol. The molecule has 0 spiro atoms. The second kappa shape index (κ2) is 6.55. The highest BCUT2D eigenvalue weighted by Gasteiger charge is 2.13. The van der Waals surface area contributed by atoms with Crippen LogP contribution in [0.2, 0.25) is 0 Å². The average Bonchev–Trinajstić information content (AvgIpc) is 2.97. The summed E-state index contributed by atoms with van der Waals surface area (Å²) in [6, 6.07) is 5.13. The molecule has 0 saturated heterocycles. The molecule has 2 aromatic rings. The number of rotatable bonds is 3. The lowest BCUT2D eigenvalue weighted by Crippen LogP contribution is -2.26. The molecular weight excluding hydrogens is 256 g/mol. The molecule has 2 aromatic heterocycles. The fraction of sp³-hybridized carbons (Fsp3) is 0.200. The maximum Gasteiger partial charge on any atom is 0.272 e. The van der Waals surface area contributed by atoms with E-state index < -0.39 is 0 Å². The summed E-state index contributed by atoms with van der Waals surface area (Å²) in [6.07, 6.45) is 4.69. The standard InChI is InChI=1S/C15H14N2O3/c1-17(10-13-6-8-20-11-13)15(19)14-5-4-12(9-16-14)3-2-7-18/h4-6,8-9,11,18H,7,10H2,1H3. The highest BCUT2D eigenvalue weighted by Crippen LogP contribution is 2.08. The van der Waals surface area contributed by atoms with E-state index in [0.29, 0.717) is 17.8 Å². The number of carbonyl (C=O) groups is 1. The molecule has 2 rings (SSSR count). The van der Waals surface area contributed by atoms with E-state index in [4.69, 9.17) is 9.52 Å². The van der Waals surface area contributed by atoms with E-state index in [9.17, 15) is 4.79 Å². The molecule has 0 atom stereocenters. The van der Waals surface area contributed by atoms with Gasteiger partial charge in [0.15, 0.2) is 0 Å². The van der Waals surface area contributed by atoms with Crippen molar-refractivity contribution in [3.05, 3.63) is 53.7 Å². The van der Waals surface area contributed by atoms with Crippen molar-refractivity contribution in [2.24, 2.45) is 0 Å². The Bertz CT molecular complexity index is 621. The highest BCUT2D eigenvalue weighted by atomic mass is 16.3. The van der Waals surface area contributed by atoms with E-state index in [1.807, 2.05) is 6.07 Å². The predicted octanol–water partition coefficient (Wildman–Crippen LogP) is 1.29. The molecule has 20 heavy (non-hydrogen) atoms. The van der Waals surface area contributed by atoms with Gasteiger partial charge in [0.05, 0.1) is 12.5 Å². The fourth-order valence-corrected chi connectivity index (χ4v) is 1.66. The molecule has 0 unspecified atom stereocenters. The quantitative estimate of drug-likeness (QED) is 0.853. The SMILES string of the molecule is CN(Cc1ccoc1)C(=O)c1ccc(C#CCO)cn1. The van der Waals surface area contributed by atoms with Gasteiger partial charge in [0.2, 0.25) is 0 Å². The number of amides is 1. The molecule has 0 fully saturated rings. The minimum absolute atomic E-state index is 0.173. The molecule has 1 N–H and O–H groups in total. The zero-order valence-electron chi connectivity index (χ0n) is 11.0. The smallest absolute Gasteiger partial charge is 0.272 e. The summed E-state index contributed by atoms with van der Waals surface area (Å²) in [5.41, 5.74) is 1.94. The van der Waals surface area contributed by atoms with E-state index in [0.717, 1.165) is 5.56 Å². The third kappa shape index (κ3) is 3.46. The number of pyridine rings is 1. The Kier molecular flexibility index (Phi) is 4.53. The summed E-state index contributed by atoms with van der Waals surface area (Å²) in [5, 5.41) is 8.60. The first-order chi connectivity index (χ1) is 9.70. The molecule has 1 amide bonds. The van der Waals surface area contributed by atoms with Crippen molar-refractivity contribution in [2.75, 3.05) is 13.7 Å². The van der Waals surface area contributed by atoms with Crippen LogP contribution in [0.4, 0.5) is 0 Å². The Labute approximate surface area is 116 Å². The molecular formula is C15H14N2O3. The normalized spacial score (nSPS) is 9.70. The Balaban J connectivity index is 2.05. The van der Waals surface area contributed by atoms with E-state index in [1.54, 1.807) is 36.6 Å². The van der Waals surface area contributed by atoms with Crippen LogP contribution in [-0.4, -0.2) is 34.6 Å². The van der Waals surface area contributed by atoms with Gasteiger partial charge >= 0.3 is 0 Å². The van der Waals surface area contributed by atoms with Gasteiger partial charge < -0.3 is 14.4 Å². The van der Waals surface area contributed by atoms with Crippen molar-refractivity contribution >= 4 is 5.91 Å². The van der Waals surface area contributed by atoms with Crippen molar-refractivity contribution < 1.29 is 14.3 Å². The Hall–Kier alpha value is -2.58. The molecule has 2 heterocycles. The van der Waals surface area contributed by atoms with Crippen LogP contribution in [0.5, 0.6) is 0 Å². The number of nitrogens with zero attached hydrogens (tertiary/aromatic N) is 2. The third-order valence-electron chi connectivity index (χ3n) is 2.64. The second-order valence-electron chi connectivity index (χ2n) is 4.18. The lowest BCUT2D eigenvalue weighted by molar-refractivity contribution is 0.0779. The second-order valence-corrected chi connectivity index (χ2v) is 4.18. The summed E-state index contributed by atoms with van der Waals surface area (Å²) in [7, 11) is 1.70. The van der Waals surface area contributed by atoms with Crippen LogP contribution in [0.25, 0.3) is 0 Å². The molecule has 0 bridgehead atoms. The van der Waals surface area contributed by atoms with E-state index >= 15 is 0 Å². The third-order valence-corrected chi connectivity index (χ3v) is 2.64. The van der Waals surface area contributed by atoms with E-state index in [1.165, 1.54) is 6.20 Å². The van der Waals surface area contributed by atoms with Crippen molar-refractivity contribution in [1.29, 1.82) is 0 Å². The van der Waals surface area contributed by atoms with Crippen LogP contribution in [0.3, 0.4) is 0 Å². The van der Waals surface area contributed by atoms with Crippen LogP contribution in [0.15, 0.2) is 41.3 Å². The lowest BCUT2D eigenvalue weighted by atomic mass is 10.2. The summed E-state index contributed by atoms with van der Waals surface area (Å²) >= 11 is 0. The van der Waals surface area contributed by atoms with Gasteiger partial charge in [0.25, 0.3) is 5.91 Å². The zero-order chi connectivity index (χ0) is 14.4. The van der Waals surface area contributed by atoms with E-state index in [2.05, 4.69) is 16.8 Å². The van der Waals surface area contributed by atoms with Gasteiger partial charge in [-0.1, -0.05) is 11.8 Å². The van der Waals surface area contributed by atoms with Crippen LogP contribution in [-0.2, 0) is 6.54 Å². The van der Waals surface area contributed by atoms with Gasteiger partial charge in [-0.25, -0.2) is 4.98 Å². The molecule has 0 aliphatic rings. The molecule has 0 aromatic carbocycles. The van der Waals surface area contributed by atoms with Gasteiger partial charge in [0.1, 0.15) is 12.3 Å². The van der Waals surface area contributed by atoms with Crippen molar-refractivity contribution in [1.82, 2.24) is 9.88 Å². The number of aliphatic hydroxyl groups excluding tert-OH is 1. The highest BCUT2D eigenvalue weighted by molar-refractivity contribution is 5.92. The van der Waals surface area contributed by atoms with Gasteiger partial charge in [-0.05, 0) is 18.2 Å². The summed E-state index contributed by atoms with van der Waals surface area (Å²) in [4.78, 5) is 17.8. The van der Waals surface area contributed by atoms with Crippen LogP contribution in [0, 0.1) is 11.8 Å². The average molecular weight is 270 g/mol. The lowest BCUT2D eigenvalue weighted by Gasteiger charge is -2.15. The van der Waals surface area contributed by atoms with Crippen LogP contribution in [0.1, 0.15) is 21.6 Å². The zero-order valence-corrected chi connectivity index (χ0v) is 11.0. The molecule has 5 heteroatoms. The van der Waals surface area contributed by atoms with Gasteiger partial charge in [-0.3, -0.25) is 4.79 Å². The number of hydrogen-bond acceptors (Lipinski definition) is 4. The predicted molar refractivity (Wildman–Crippen MR) is 72.7 cm³/mol. The van der Waals surface area contributed by atoms with Gasteiger partial charge in [0, 0.05) is 30.9 Å². The number of aromatic nitrogens is 1. The Morgan fingerprint density at radius 3 is 2.90 bits per heavy atom. The molecule has 0 aliphatic heterocycles. The van der Waals surface area contributed by atoms with Gasteiger partial charge in [-0.2, -0.15) is 0 Å². The number of aliphatic hydroxyl groups is 1. The molecule has 102 valence electrons. The maximum absolute atomic E-state index is 12.2. The first-order valence-electron chi connectivity index (χ1n) is 6.03. The van der Waals surface area contributed by atoms with Crippen molar-refractivity contribution in [2.45, 2.75) is 6.54 Å². The van der Waals surface area contributed by atoms with Crippen LogP contribution >= 0.6 is 0 Å². The fourth-order valence-electron chi connectivity index (χ4n) is 1.66. The van der Waals surface area contributed by atoms with Gasteiger partial charge in [-0.15, -0.1) is 0 Å². The molecule has 0 aliphatic carbocycles. The van der Waals surface area contributed by atoms with E-state index in [-0.39, 0.29) is 12.5 Å². The Morgan fingerprint density at radius 1 is 1.45 bits per heavy atom. The minimum Gasteiger partial charge on any atom is -0.472 e. The molecule has 5 nitrogen and oxygen atoms in total. The molecule has 0 radical (unpaired) electrons. The number of furan rings is 1. The van der Waals surface area contributed by atoms with Crippen LogP contribution < -0.4 is 0 Å². The number of carbonyl (C=O) groups excluding carboxylic acids is 1. The summed E-state index contributed by atoms with van der Waals surface area (Å²) < 4.78 is 4.96. The van der Waals surface area contributed by atoms with Crippen molar-refractivity contribution in [3.63, 3.8) is 0 Å². The first kappa shape index (κ1) is 13.8. The largest absolute Gasteiger partial charge is 0.472 e. The maximum atomic E-state index is 12.2. The molecule has 0 saturated carbocycles. The summed E-state index contributed by atoms with van der Waals surface area (Å²) in [5.74, 6) is 5.08. The number of hydrogen-bond donors (Lipinski definition) is 1. The topological polar surface area (TPSA) is 66.6 Å². The summed E-state index contributed by atoms with van der Waals surface area (Å²) in [6.45, 7) is 0.261. The Morgan fingerprint density at radius 2 is 2.30 bits per heavy atom. The first-order valence-corrected chi connectivity index (χ1v) is 6.03. The minimum atomic E-state index is -0.200. The van der Waals surface area contributed by atoms with Crippen molar-refractivity contribution in [3.8, 4) is 11.8 Å².